The maximum absolute atomic E-state index is 5.66. The Morgan fingerprint density at radius 1 is 1.43 bits per heavy atom. The lowest BCUT2D eigenvalue weighted by Gasteiger charge is -2.09. The van der Waals surface area contributed by atoms with Crippen LogP contribution in [-0.2, 0) is 0 Å². The summed E-state index contributed by atoms with van der Waals surface area (Å²) in [5.74, 6) is 2.60. The minimum absolute atomic E-state index is 0.0750. The van der Waals surface area contributed by atoms with Gasteiger partial charge in [-0.05, 0) is 18.6 Å². The molecule has 1 atom stereocenters. The van der Waals surface area contributed by atoms with E-state index in [9.17, 15) is 0 Å². The van der Waals surface area contributed by atoms with Crippen LogP contribution in [0, 0.1) is 5.69 Å². The van der Waals surface area contributed by atoms with E-state index in [4.69, 9.17) is 5.69 Å². The van der Waals surface area contributed by atoms with Crippen LogP contribution in [0.4, 0.5) is 0 Å². The van der Waals surface area contributed by atoms with Crippen molar-refractivity contribution in [3.05, 3.63) is 0 Å². The maximum atomic E-state index is 5.66. The lowest BCUT2D eigenvalue weighted by atomic mass is 10.4. The summed E-state index contributed by atoms with van der Waals surface area (Å²) in [5, 5.41) is 0. The summed E-state index contributed by atoms with van der Waals surface area (Å²) in [6, 6.07) is 0. The first-order chi connectivity index (χ1) is 3.39. The molecule has 42 valence electrons. The van der Waals surface area contributed by atoms with Crippen molar-refractivity contribution >= 4 is 20.1 Å². The fourth-order valence-corrected chi connectivity index (χ4v) is 3.71. The van der Waals surface area contributed by atoms with Crippen LogP contribution in [0.2, 0.25) is 0 Å². The molecule has 0 spiro atoms. The Morgan fingerprint density at radius 3 is 2.57 bits per heavy atom. The van der Waals surface area contributed by atoms with Crippen molar-refractivity contribution in [3.63, 3.8) is 0 Å². The van der Waals surface area contributed by atoms with Crippen LogP contribution < -0.4 is 0 Å². The molecule has 0 aromatic heterocycles. The Labute approximate surface area is 50.6 Å². The lowest BCUT2D eigenvalue weighted by molar-refractivity contribution is 0.905. The molecular formula is C5H10S2. The number of rotatable bonds is 0. The first kappa shape index (κ1) is 5.61. The normalized spacial score (nSPS) is 32.7. The molecule has 0 bridgehead atoms. The Hall–Kier alpha value is 0.480. The minimum Gasteiger partial charge on any atom is -0.155 e. The van der Waals surface area contributed by atoms with Gasteiger partial charge in [-0.1, -0.05) is 0 Å². The van der Waals surface area contributed by atoms with E-state index in [-0.39, 0.29) is 9.33 Å². The van der Waals surface area contributed by atoms with Gasteiger partial charge >= 0.3 is 0 Å². The predicted molar refractivity (Wildman–Crippen MR) is 40.5 cm³/mol. The van der Waals surface area contributed by atoms with Crippen molar-refractivity contribution in [1.29, 1.82) is 0 Å². The zero-order valence-electron chi connectivity index (χ0n) is 4.26. The molecule has 1 unspecified atom stereocenters. The van der Waals surface area contributed by atoms with E-state index in [1.54, 1.807) is 0 Å². The highest BCUT2D eigenvalue weighted by Gasteiger charge is 1.97. The lowest BCUT2D eigenvalue weighted by Crippen LogP contribution is -1.88. The van der Waals surface area contributed by atoms with E-state index >= 15 is 0 Å². The quantitative estimate of drug-likeness (QED) is 0.390. The van der Waals surface area contributed by atoms with E-state index in [1.165, 1.54) is 24.3 Å². The predicted octanol–water partition coefficient (Wildman–Crippen LogP) is 2.02. The topological polar surface area (TPSA) is 0 Å². The third-order valence-electron chi connectivity index (χ3n) is 1.03. The standard InChI is InChI=1S/C5H10S2/c1-7-5-3-2-4-6-7/h1,7H,2-5H2. The zero-order chi connectivity index (χ0) is 5.11. The smallest absolute Gasteiger partial charge is 0.00281 e. The highest BCUT2D eigenvalue weighted by molar-refractivity contribution is 8.80. The first-order valence-corrected chi connectivity index (χ1v) is 5.73. The van der Waals surface area contributed by atoms with Gasteiger partial charge in [-0.15, -0.1) is 16.5 Å². The Balaban J connectivity index is 2.30. The van der Waals surface area contributed by atoms with Gasteiger partial charge in [0.05, 0.1) is 0 Å². The van der Waals surface area contributed by atoms with Crippen LogP contribution in [0.15, 0.2) is 0 Å². The van der Waals surface area contributed by atoms with E-state index in [0.717, 1.165) is 0 Å². The third kappa shape index (κ3) is 1.81. The Morgan fingerprint density at radius 2 is 2.29 bits per heavy atom. The molecule has 1 rings (SSSR count). The summed E-state index contributed by atoms with van der Waals surface area (Å²) >= 11 is 0. The van der Waals surface area contributed by atoms with Crippen molar-refractivity contribution in [2.24, 2.45) is 0 Å². The van der Waals surface area contributed by atoms with Gasteiger partial charge in [0.1, 0.15) is 0 Å². The van der Waals surface area contributed by atoms with Crippen LogP contribution in [0.5, 0.6) is 0 Å². The molecule has 0 aliphatic carbocycles. The summed E-state index contributed by atoms with van der Waals surface area (Å²) in [4.78, 5) is 0. The molecule has 0 saturated carbocycles. The highest BCUT2D eigenvalue weighted by atomic mass is 33.1. The van der Waals surface area contributed by atoms with Crippen LogP contribution >= 0.6 is 20.1 Å². The van der Waals surface area contributed by atoms with Gasteiger partial charge in [0.25, 0.3) is 0 Å². The molecular weight excluding hydrogens is 124 g/mol. The molecule has 0 aromatic carbocycles. The summed E-state index contributed by atoms with van der Waals surface area (Å²) < 4.78 is 0. The minimum atomic E-state index is -0.0750. The fraction of sp³-hybridized carbons (Fsp3) is 0.800. The second kappa shape index (κ2) is 2.71. The largest absolute Gasteiger partial charge is 0.155 e. The Kier molecular flexibility index (Phi) is 2.17. The molecule has 1 saturated heterocycles. The monoisotopic (exact) mass is 134 g/mol. The maximum Gasteiger partial charge on any atom is 0.00281 e. The molecule has 0 aromatic rings. The van der Waals surface area contributed by atoms with Crippen molar-refractivity contribution in [2.75, 3.05) is 11.5 Å². The van der Waals surface area contributed by atoms with Crippen LogP contribution in [0.1, 0.15) is 12.8 Å². The van der Waals surface area contributed by atoms with Crippen molar-refractivity contribution in [1.82, 2.24) is 0 Å². The SMILES string of the molecule is C#[SH]1CCCCS1. The summed E-state index contributed by atoms with van der Waals surface area (Å²) in [7, 11) is 1.89. The van der Waals surface area contributed by atoms with Gasteiger partial charge in [0, 0.05) is 5.75 Å². The molecule has 1 heterocycles. The molecule has 1 aliphatic heterocycles. The van der Waals surface area contributed by atoms with Gasteiger partial charge in [-0.25, -0.2) is 0 Å². The van der Waals surface area contributed by atoms with E-state index < -0.39 is 0 Å². The van der Waals surface area contributed by atoms with E-state index in [0.29, 0.717) is 0 Å². The third-order valence-corrected chi connectivity index (χ3v) is 4.68. The summed E-state index contributed by atoms with van der Waals surface area (Å²) in [6.07, 6.45) is 2.76. The number of hydrogen-bond donors (Lipinski definition) is 1. The van der Waals surface area contributed by atoms with Crippen LogP contribution in [0.25, 0.3) is 0 Å². The van der Waals surface area contributed by atoms with Gasteiger partial charge in [0.15, 0.2) is 0 Å². The highest BCUT2D eigenvalue weighted by Crippen LogP contribution is 2.32. The average Bonchev–Trinajstić information content (AvgIpc) is 1.69. The van der Waals surface area contributed by atoms with Crippen molar-refractivity contribution in [3.8, 4) is 5.69 Å². The number of thiol groups is 1. The molecule has 2 heteroatoms. The van der Waals surface area contributed by atoms with Crippen LogP contribution in [-0.4, -0.2) is 11.5 Å². The molecule has 0 radical (unpaired) electrons. The van der Waals surface area contributed by atoms with Gasteiger partial charge < -0.3 is 0 Å². The number of hydrogen-bond acceptors (Lipinski definition) is 1. The van der Waals surface area contributed by atoms with Crippen molar-refractivity contribution < 1.29 is 0 Å². The molecule has 1 fully saturated rings. The summed E-state index contributed by atoms with van der Waals surface area (Å²) in [6.45, 7) is 0. The van der Waals surface area contributed by atoms with Crippen LogP contribution in [0.3, 0.4) is 0 Å². The fourth-order valence-electron chi connectivity index (χ4n) is 0.616. The van der Waals surface area contributed by atoms with E-state index in [2.05, 4.69) is 0 Å². The second-order valence-electron chi connectivity index (χ2n) is 1.68. The van der Waals surface area contributed by atoms with Gasteiger partial charge in [-0.2, -0.15) is 9.33 Å². The molecule has 7 heavy (non-hydrogen) atoms. The van der Waals surface area contributed by atoms with Gasteiger partial charge in [0.2, 0.25) is 0 Å². The Bertz CT molecular complexity index is 99.0. The molecule has 0 N–H and O–H groups in total. The van der Waals surface area contributed by atoms with Crippen molar-refractivity contribution in [2.45, 2.75) is 12.8 Å². The average molecular weight is 134 g/mol. The zero-order valence-corrected chi connectivity index (χ0v) is 5.97. The summed E-state index contributed by atoms with van der Waals surface area (Å²) in [5.41, 5.74) is 5.66. The first-order valence-electron chi connectivity index (χ1n) is 2.55. The second-order valence-corrected chi connectivity index (χ2v) is 5.81. The van der Waals surface area contributed by atoms with E-state index in [1.807, 2.05) is 10.8 Å². The molecule has 1 aliphatic rings. The van der Waals surface area contributed by atoms with Gasteiger partial charge in [-0.3, -0.25) is 0 Å². The molecule has 0 nitrogen and oxygen atoms in total. The molecule has 0 amide bonds.